The number of carboxylic acid groups (broad SMARTS) is 1. The number of anilines is 1. The minimum Gasteiger partial charge on any atom is -0.480 e. The van der Waals surface area contributed by atoms with E-state index in [4.69, 9.17) is 10.2 Å². The highest BCUT2D eigenvalue weighted by Gasteiger charge is 2.18. The molecule has 3 amide bonds. The van der Waals surface area contributed by atoms with E-state index in [0.717, 1.165) is 0 Å². The smallest absolute Gasteiger partial charge is 0.328 e. The summed E-state index contributed by atoms with van der Waals surface area (Å²) in [6.45, 7) is -1.13. The maximum absolute atomic E-state index is 11.4. The van der Waals surface area contributed by atoms with Crippen LogP contribution in [0.5, 0.6) is 0 Å². The van der Waals surface area contributed by atoms with Gasteiger partial charge in [-0.25, -0.2) is 9.59 Å². The molecule has 0 aliphatic heterocycles. The molecule has 5 N–H and O–H groups in total. The first-order valence-electron chi connectivity index (χ1n) is 5.76. The Balaban J connectivity index is 2.34. The zero-order valence-electron chi connectivity index (χ0n) is 10.5. The zero-order valence-corrected chi connectivity index (χ0v) is 10.5. The summed E-state index contributed by atoms with van der Waals surface area (Å²) in [4.78, 5) is 33.4. The topological polar surface area (TPSA) is 128 Å². The first-order chi connectivity index (χ1) is 9.52. The Morgan fingerprint density at radius 2 is 1.80 bits per heavy atom. The minimum atomic E-state index is -1.39. The van der Waals surface area contributed by atoms with Crippen LogP contribution in [0.25, 0.3) is 0 Å². The van der Waals surface area contributed by atoms with Crippen molar-refractivity contribution >= 4 is 23.6 Å². The van der Waals surface area contributed by atoms with Crippen LogP contribution in [0.1, 0.15) is 0 Å². The minimum absolute atomic E-state index is 0.400. The molecule has 0 saturated heterocycles. The number of para-hydroxylation sites is 1. The Bertz CT molecular complexity index is 477. The first kappa shape index (κ1) is 15.4. The average molecular weight is 281 g/mol. The van der Waals surface area contributed by atoms with Gasteiger partial charge in [-0.05, 0) is 12.1 Å². The number of rotatable bonds is 6. The van der Waals surface area contributed by atoms with E-state index in [1.165, 1.54) is 0 Å². The number of amides is 3. The SMILES string of the molecule is O=C(CNC(=O)Nc1ccccc1)N[C@H](CO)C(=O)O. The Labute approximate surface area is 114 Å². The molecule has 0 fully saturated rings. The van der Waals surface area contributed by atoms with Crippen LogP contribution in [0.3, 0.4) is 0 Å². The summed E-state index contributed by atoms with van der Waals surface area (Å²) in [6, 6.07) is 6.63. The molecule has 0 aromatic heterocycles. The maximum atomic E-state index is 11.4. The number of nitrogens with one attached hydrogen (secondary N) is 3. The fourth-order valence-electron chi connectivity index (χ4n) is 1.29. The number of hydrogen-bond donors (Lipinski definition) is 5. The Morgan fingerprint density at radius 1 is 1.15 bits per heavy atom. The van der Waals surface area contributed by atoms with Crippen LogP contribution in [0, 0.1) is 0 Å². The molecular formula is C12H15N3O5. The third kappa shape index (κ3) is 5.36. The highest BCUT2D eigenvalue weighted by molar-refractivity contribution is 5.93. The van der Waals surface area contributed by atoms with Crippen molar-refractivity contribution in [1.82, 2.24) is 10.6 Å². The van der Waals surface area contributed by atoms with Gasteiger partial charge in [0.05, 0.1) is 13.2 Å². The molecule has 1 aromatic rings. The van der Waals surface area contributed by atoms with Gasteiger partial charge in [0.15, 0.2) is 0 Å². The lowest BCUT2D eigenvalue weighted by Gasteiger charge is -2.12. The third-order valence-corrected chi connectivity index (χ3v) is 2.26. The van der Waals surface area contributed by atoms with Crippen LogP contribution >= 0.6 is 0 Å². The summed E-state index contributed by atoms with van der Waals surface area (Å²) in [5.74, 6) is -2.07. The molecule has 1 atom stereocenters. The molecule has 0 radical (unpaired) electrons. The molecule has 0 aliphatic carbocycles. The second-order valence-corrected chi connectivity index (χ2v) is 3.81. The highest BCUT2D eigenvalue weighted by atomic mass is 16.4. The molecule has 0 aliphatic rings. The van der Waals surface area contributed by atoms with Crippen molar-refractivity contribution in [2.45, 2.75) is 6.04 Å². The van der Waals surface area contributed by atoms with E-state index >= 15 is 0 Å². The Hall–Kier alpha value is -2.61. The van der Waals surface area contributed by atoms with Crippen LogP contribution < -0.4 is 16.0 Å². The van der Waals surface area contributed by atoms with Crippen molar-refractivity contribution in [2.75, 3.05) is 18.5 Å². The molecule has 0 heterocycles. The van der Waals surface area contributed by atoms with Crippen molar-refractivity contribution in [2.24, 2.45) is 0 Å². The van der Waals surface area contributed by atoms with E-state index in [1.54, 1.807) is 30.3 Å². The van der Waals surface area contributed by atoms with E-state index in [1.807, 2.05) is 0 Å². The van der Waals surface area contributed by atoms with Crippen LogP contribution in [0.4, 0.5) is 10.5 Å². The molecule has 0 spiro atoms. The van der Waals surface area contributed by atoms with Gasteiger partial charge in [-0.1, -0.05) is 18.2 Å². The lowest BCUT2D eigenvalue weighted by molar-refractivity contribution is -0.142. The maximum Gasteiger partial charge on any atom is 0.328 e. The van der Waals surface area contributed by atoms with Crippen LogP contribution in [0.15, 0.2) is 30.3 Å². The molecule has 0 bridgehead atoms. The highest BCUT2D eigenvalue weighted by Crippen LogP contribution is 2.03. The molecule has 1 aromatic carbocycles. The number of benzene rings is 1. The number of aliphatic hydroxyl groups is 1. The van der Waals surface area contributed by atoms with E-state index in [0.29, 0.717) is 5.69 Å². The summed E-state index contributed by atoms with van der Waals surface area (Å²) in [5, 5.41) is 24.2. The third-order valence-electron chi connectivity index (χ3n) is 2.26. The van der Waals surface area contributed by atoms with Gasteiger partial charge in [0.1, 0.15) is 6.04 Å². The standard InChI is InChI=1S/C12H15N3O5/c16-7-9(11(18)19)15-10(17)6-13-12(20)14-8-4-2-1-3-5-8/h1-5,9,16H,6-7H2,(H,15,17)(H,18,19)(H2,13,14,20)/t9-/m1/s1. The number of carboxylic acids is 1. The van der Waals surface area contributed by atoms with Crippen LogP contribution in [-0.4, -0.2) is 47.3 Å². The quantitative estimate of drug-likeness (QED) is 0.474. The fraction of sp³-hybridized carbons (Fsp3) is 0.250. The van der Waals surface area contributed by atoms with Gasteiger partial charge in [-0.2, -0.15) is 0 Å². The van der Waals surface area contributed by atoms with Crippen molar-refractivity contribution in [3.8, 4) is 0 Å². The van der Waals surface area contributed by atoms with E-state index in [2.05, 4.69) is 16.0 Å². The molecule has 20 heavy (non-hydrogen) atoms. The van der Waals surface area contributed by atoms with Crippen LogP contribution in [-0.2, 0) is 9.59 Å². The number of aliphatic carboxylic acids is 1. The molecule has 0 saturated carbocycles. The number of carbonyl (C=O) groups is 3. The summed E-state index contributed by atoms with van der Waals surface area (Å²) in [7, 11) is 0. The van der Waals surface area contributed by atoms with E-state index in [-0.39, 0.29) is 0 Å². The Morgan fingerprint density at radius 3 is 2.35 bits per heavy atom. The fourth-order valence-corrected chi connectivity index (χ4v) is 1.29. The van der Waals surface area contributed by atoms with Gasteiger partial charge in [-0.15, -0.1) is 0 Å². The number of hydrogen-bond acceptors (Lipinski definition) is 4. The predicted octanol–water partition coefficient (Wildman–Crippen LogP) is -0.630. The predicted molar refractivity (Wildman–Crippen MR) is 70.1 cm³/mol. The summed E-state index contributed by atoms with van der Waals surface area (Å²) >= 11 is 0. The summed E-state index contributed by atoms with van der Waals surface area (Å²) in [5.41, 5.74) is 0.559. The Kier molecular flexibility index (Phi) is 5.98. The van der Waals surface area contributed by atoms with Gasteiger partial charge < -0.3 is 26.2 Å². The second kappa shape index (κ2) is 7.74. The zero-order chi connectivity index (χ0) is 15.0. The second-order valence-electron chi connectivity index (χ2n) is 3.81. The average Bonchev–Trinajstić information content (AvgIpc) is 2.43. The summed E-state index contributed by atoms with van der Waals surface area (Å²) in [6.07, 6.45) is 0. The van der Waals surface area contributed by atoms with Gasteiger partial charge in [-0.3, -0.25) is 4.79 Å². The van der Waals surface area contributed by atoms with Crippen LogP contribution in [0.2, 0.25) is 0 Å². The molecule has 8 heteroatoms. The van der Waals surface area contributed by atoms with E-state index in [9.17, 15) is 14.4 Å². The number of carbonyl (C=O) groups excluding carboxylic acids is 2. The molecule has 8 nitrogen and oxygen atoms in total. The van der Waals surface area contributed by atoms with E-state index < -0.39 is 37.1 Å². The van der Waals surface area contributed by atoms with Crippen molar-refractivity contribution in [3.63, 3.8) is 0 Å². The first-order valence-corrected chi connectivity index (χ1v) is 5.76. The normalized spacial score (nSPS) is 11.2. The van der Waals surface area contributed by atoms with Gasteiger partial charge in [0.25, 0.3) is 0 Å². The molecular weight excluding hydrogens is 266 g/mol. The number of aliphatic hydroxyl groups excluding tert-OH is 1. The van der Waals surface area contributed by atoms with Crippen molar-refractivity contribution in [3.05, 3.63) is 30.3 Å². The molecule has 0 unspecified atom stereocenters. The molecule has 108 valence electrons. The summed E-state index contributed by atoms with van der Waals surface area (Å²) < 4.78 is 0. The van der Waals surface area contributed by atoms with Gasteiger partial charge in [0, 0.05) is 5.69 Å². The molecule has 1 rings (SSSR count). The lowest BCUT2D eigenvalue weighted by atomic mass is 10.3. The van der Waals surface area contributed by atoms with Crippen molar-refractivity contribution in [1.29, 1.82) is 0 Å². The lowest BCUT2D eigenvalue weighted by Crippen LogP contribution is -2.47. The van der Waals surface area contributed by atoms with Gasteiger partial charge >= 0.3 is 12.0 Å². The van der Waals surface area contributed by atoms with Gasteiger partial charge in [0.2, 0.25) is 5.91 Å². The van der Waals surface area contributed by atoms with Crippen molar-refractivity contribution < 1.29 is 24.6 Å². The number of urea groups is 1. The largest absolute Gasteiger partial charge is 0.480 e. The monoisotopic (exact) mass is 281 g/mol.